The largest absolute Gasteiger partial charge is 0.314 e. The van der Waals surface area contributed by atoms with E-state index >= 15 is 0 Å². The SMILES string of the molecule is CCCNC(CCc1cccc(C)c1)C(CC)CC. The monoisotopic (exact) mass is 261 g/mol. The Morgan fingerprint density at radius 3 is 2.42 bits per heavy atom. The van der Waals surface area contributed by atoms with Crippen LogP contribution in [0.25, 0.3) is 0 Å². The zero-order valence-electron chi connectivity index (χ0n) is 13.2. The first-order valence-corrected chi connectivity index (χ1v) is 8.00. The minimum atomic E-state index is 0.676. The molecule has 1 nitrogen and oxygen atoms in total. The molecule has 1 unspecified atom stereocenters. The van der Waals surface area contributed by atoms with E-state index in [0.717, 1.165) is 12.5 Å². The maximum atomic E-state index is 3.76. The highest BCUT2D eigenvalue weighted by Gasteiger charge is 2.17. The van der Waals surface area contributed by atoms with Gasteiger partial charge in [-0.2, -0.15) is 0 Å². The predicted octanol–water partition coefficient (Wildman–Crippen LogP) is 4.73. The van der Waals surface area contributed by atoms with Gasteiger partial charge < -0.3 is 5.32 Å². The number of hydrogen-bond donors (Lipinski definition) is 1. The fraction of sp³-hybridized carbons (Fsp3) is 0.667. The van der Waals surface area contributed by atoms with Gasteiger partial charge in [0, 0.05) is 6.04 Å². The van der Waals surface area contributed by atoms with E-state index in [1.165, 1.54) is 43.2 Å². The normalized spacial score (nSPS) is 12.9. The van der Waals surface area contributed by atoms with Crippen molar-refractivity contribution in [3.05, 3.63) is 35.4 Å². The molecular formula is C18H31N. The maximum absolute atomic E-state index is 3.76. The molecule has 0 bridgehead atoms. The van der Waals surface area contributed by atoms with Gasteiger partial charge in [-0.1, -0.05) is 63.4 Å². The molecule has 0 saturated heterocycles. The van der Waals surface area contributed by atoms with Crippen LogP contribution in [-0.2, 0) is 6.42 Å². The van der Waals surface area contributed by atoms with Gasteiger partial charge in [0.15, 0.2) is 0 Å². The van der Waals surface area contributed by atoms with E-state index < -0.39 is 0 Å². The van der Waals surface area contributed by atoms with Gasteiger partial charge >= 0.3 is 0 Å². The Balaban J connectivity index is 2.56. The lowest BCUT2D eigenvalue weighted by molar-refractivity contribution is 0.318. The van der Waals surface area contributed by atoms with Crippen LogP contribution in [0.15, 0.2) is 24.3 Å². The number of hydrogen-bond acceptors (Lipinski definition) is 1. The van der Waals surface area contributed by atoms with Crippen LogP contribution in [0.1, 0.15) is 57.6 Å². The predicted molar refractivity (Wildman–Crippen MR) is 85.7 cm³/mol. The van der Waals surface area contributed by atoms with Crippen LogP contribution in [0, 0.1) is 12.8 Å². The van der Waals surface area contributed by atoms with Crippen molar-refractivity contribution in [1.29, 1.82) is 0 Å². The molecule has 19 heavy (non-hydrogen) atoms. The average Bonchev–Trinajstić information content (AvgIpc) is 2.42. The van der Waals surface area contributed by atoms with Gasteiger partial charge in [0.2, 0.25) is 0 Å². The van der Waals surface area contributed by atoms with Gasteiger partial charge in [0.1, 0.15) is 0 Å². The molecule has 1 rings (SSSR count). The Bertz CT molecular complexity index is 341. The number of rotatable bonds is 9. The molecule has 0 spiro atoms. The van der Waals surface area contributed by atoms with Gasteiger partial charge in [-0.3, -0.25) is 0 Å². The molecule has 0 fully saturated rings. The molecule has 0 radical (unpaired) electrons. The molecule has 1 aromatic carbocycles. The van der Waals surface area contributed by atoms with Crippen molar-refractivity contribution in [1.82, 2.24) is 5.32 Å². The minimum absolute atomic E-state index is 0.676. The summed E-state index contributed by atoms with van der Waals surface area (Å²) in [7, 11) is 0. The third kappa shape index (κ3) is 5.78. The van der Waals surface area contributed by atoms with E-state index in [1.807, 2.05) is 0 Å². The summed E-state index contributed by atoms with van der Waals surface area (Å²) >= 11 is 0. The van der Waals surface area contributed by atoms with E-state index in [4.69, 9.17) is 0 Å². The molecule has 0 amide bonds. The summed E-state index contributed by atoms with van der Waals surface area (Å²) in [5.41, 5.74) is 2.85. The Morgan fingerprint density at radius 1 is 1.11 bits per heavy atom. The summed E-state index contributed by atoms with van der Waals surface area (Å²) in [5.74, 6) is 0.816. The molecule has 1 atom stereocenters. The van der Waals surface area contributed by atoms with E-state index in [2.05, 4.69) is 57.3 Å². The van der Waals surface area contributed by atoms with Crippen molar-refractivity contribution in [2.24, 2.45) is 5.92 Å². The van der Waals surface area contributed by atoms with E-state index in [1.54, 1.807) is 0 Å². The fourth-order valence-electron chi connectivity index (χ4n) is 2.88. The second kappa shape index (κ2) is 9.14. The van der Waals surface area contributed by atoms with Gasteiger partial charge in [-0.05, 0) is 44.2 Å². The molecule has 1 heteroatoms. The van der Waals surface area contributed by atoms with Crippen LogP contribution >= 0.6 is 0 Å². The van der Waals surface area contributed by atoms with Gasteiger partial charge in [-0.25, -0.2) is 0 Å². The lowest BCUT2D eigenvalue weighted by atomic mass is 9.89. The highest BCUT2D eigenvalue weighted by atomic mass is 14.9. The van der Waals surface area contributed by atoms with E-state index in [9.17, 15) is 0 Å². The molecular weight excluding hydrogens is 230 g/mol. The summed E-state index contributed by atoms with van der Waals surface area (Å²) in [4.78, 5) is 0. The molecule has 0 heterocycles. The Labute approximate surface area is 119 Å². The first kappa shape index (κ1) is 16.2. The zero-order valence-corrected chi connectivity index (χ0v) is 13.2. The lowest BCUT2D eigenvalue weighted by Crippen LogP contribution is -2.36. The Kier molecular flexibility index (Phi) is 7.81. The molecule has 0 aliphatic heterocycles. The van der Waals surface area contributed by atoms with Crippen molar-refractivity contribution in [2.45, 2.75) is 65.8 Å². The van der Waals surface area contributed by atoms with Crippen LogP contribution < -0.4 is 5.32 Å². The molecule has 1 aromatic rings. The van der Waals surface area contributed by atoms with Crippen LogP contribution in [0.3, 0.4) is 0 Å². The summed E-state index contributed by atoms with van der Waals surface area (Å²) in [6.07, 6.45) is 6.24. The number of aryl methyl sites for hydroxylation is 2. The fourth-order valence-corrected chi connectivity index (χ4v) is 2.88. The van der Waals surface area contributed by atoms with Gasteiger partial charge in [-0.15, -0.1) is 0 Å². The molecule has 0 saturated carbocycles. The van der Waals surface area contributed by atoms with E-state index in [0.29, 0.717) is 6.04 Å². The number of benzene rings is 1. The smallest absolute Gasteiger partial charge is 0.00982 e. The molecule has 0 aliphatic carbocycles. The van der Waals surface area contributed by atoms with Gasteiger partial charge in [0.05, 0.1) is 0 Å². The molecule has 0 aromatic heterocycles. The second-order valence-corrected chi connectivity index (χ2v) is 5.66. The summed E-state index contributed by atoms with van der Waals surface area (Å²) in [5, 5.41) is 3.76. The molecule has 1 N–H and O–H groups in total. The highest BCUT2D eigenvalue weighted by Crippen LogP contribution is 2.18. The third-order valence-electron chi connectivity index (χ3n) is 4.10. The van der Waals surface area contributed by atoms with Crippen molar-refractivity contribution in [3.8, 4) is 0 Å². The van der Waals surface area contributed by atoms with Crippen molar-refractivity contribution >= 4 is 0 Å². The summed E-state index contributed by atoms with van der Waals surface area (Å²) in [6, 6.07) is 9.61. The number of nitrogens with one attached hydrogen (secondary N) is 1. The average molecular weight is 261 g/mol. The molecule has 108 valence electrons. The second-order valence-electron chi connectivity index (χ2n) is 5.66. The first-order valence-electron chi connectivity index (χ1n) is 8.00. The first-order chi connectivity index (χ1) is 9.21. The van der Waals surface area contributed by atoms with Crippen LogP contribution in [0.5, 0.6) is 0 Å². The van der Waals surface area contributed by atoms with E-state index in [-0.39, 0.29) is 0 Å². The summed E-state index contributed by atoms with van der Waals surface area (Å²) in [6.45, 7) is 10.2. The van der Waals surface area contributed by atoms with Crippen LogP contribution in [0.4, 0.5) is 0 Å². The van der Waals surface area contributed by atoms with Crippen molar-refractivity contribution in [2.75, 3.05) is 6.54 Å². The highest BCUT2D eigenvalue weighted by molar-refractivity contribution is 5.22. The van der Waals surface area contributed by atoms with Crippen molar-refractivity contribution < 1.29 is 0 Å². The topological polar surface area (TPSA) is 12.0 Å². The standard InChI is InChI=1S/C18H31N/c1-5-13-19-18(17(6-2)7-3)12-11-16-10-8-9-15(4)14-16/h8-10,14,17-19H,5-7,11-13H2,1-4H3. The third-order valence-corrected chi connectivity index (χ3v) is 4.10. The Hall–Kier alpha value is -0.820. The Morgan fingerprint density at radius 2 is 1.84 bits per heavy atom. The zero-order chi connectivity index (χ0) is 14.1. The van der Waals surface area contributed by atoms with Crippen LogP contribution in [0.2, 0.25) is 0 Å². The molecule has 0 aliphatic rings. The van der Waals surface area contributed by atoms with Crippen molar-refractivity contribution in [3.63, 3.8) is 0 Å². The summed E-state index contributed by atoms with van der Waals surface area (Å²) < 4.78 is 0. The minimum Gasteiger partial charge on any atom is -0.314 e. The van der Waals surface area contributed by atoms with Gasteiger partial charge in [0.25, 0.3) is 0 Å². The quantitative estimate of drug-likeness (QED) is 0.677. The van der Waals surface area contributed by atoms with Crippen LogP contribution in [-0.4, -0.2) is 12.6 Å². The maximum Gasteiger partial charge on any atom is 0.00982 e. The lowest BCUT2D eigenvalue weighted by Gasteiger charge is -2.26.